The largest absolute Gasteiger partial charge is 0.383 e. The molecular formula is C13H23N5O2. The van der Waals surface area contributed by atoms with Crippen LogP contribution in [0.3, 0.4) is 0 Å². The summed E-state index contributed by atoms with van der Waals surface area (Å²) < 4.78 is 10.3. The molecule has 112 valence electrons. The predicted molar refractivity (Wildman–Crippen MR) is 78.1 cm³/mol. The van der Waals surface area contributed by atoms with Gasteiger partial charge in [-0.2, -0.15) is 0 Å². The topological polar surface area (TPSA) is 71.5 Å². The van der Waals surface area contributed by atoms with E-state index in [0.717, 1.165) is 57.6 Å². The van der Waals surface area contributed by atoms with E-state index in [1.807, 2.05) is 6.07 Å². The molecule has 0 amide bonds. The van der Waals surface area contributed by atoms with Crippen LogP contribution in [0.1, 0.15) is 0 Å². The van der Waals surface area contributed by atoms with Gasteiger partial charge in [-0.3, -0.25) is 4.90 Å². The summed E-state index contributed by atoms with van der Waals surface area (Å²) in [5, 5.41) is 6.50. The standard InChI is InChI=1S/C13H23N5O2/c1-19-7-3-15-13-10-12(16-11-17-13)14-2-4-18-5-8-20-9-6-18/h10-11H,2-9H2,1H3,(H2,14,15,16,17). The lowest BCUT2D eigenvalue weighted by atomic mass is 10.4. The molecule has 1 aliphatic rings. The molecule has 1 aliphatic heterocycles. The molecule has 0 aliphatic carbocycles. The molecule has 0 aromatic carbocycles. The summed E-state index contributed by atoms with van der Waals surface area (Å²) in [7, 11) is 1.68. The fourth-order valence-corrected chi connectivity index (χ4v) is 2.00. The molecule has 2 N–H and O–H groups in total. The normalized spacial score (nSPS) is 16.1. The van der Waals surface area contributed by atoms with Crippen LogP contribution in [0.25, 0.3) is 0 Å². The third-order valence-electron chi connectivity index (χ3n) is 3.12. The quantitative estimate of drug-likeness (QED) is 0.663. The number of morpholine rings is 1. The maximum absolute atomic E-state index is 5.33. The van der Waals surface area contributed by atoms with Gasteiger partial charge in [-0.05, 0) is 0 Å². The summed E-state index contributed by atoms with van der Waals surface area (Å²) in [6.07, 6.45) is 1.56. The van der Waals surface area contributed by atoms with Gasteiger partial charge >= 0.3 is 0 Å². The van der Waals surface area contributed by atoms with Crippen molar-refractivity contribution < 1.29 is 9.47 Å². The van der Waals surface area contributed by atoms with Crippen LogP contribution in [0.15, 0.2) is 12.4 Å². The minimum atomic E-state index is 0.657. The number of nitrogens with zero attached hydrogens (tertiary/aromatic N) is 3. The monoisotopic (exact) mass is 281 g/mol. The highest BCUT2D eigenvalue weighted by molar-refractivity contribution is 5.46. The Hall–Kier alpha value is -1.44. The molecule has 7 nitrogen and oxygen atoms in total. The van der Waals surface area contributed by atoms with Crippen molar-refractivity contribution in [2.75, 3.05) is 70.3 Å². The third-order valence-corrected chi connectivity index (χ3v) is 3.12. The van der Waals surface area contributed by atoms with Crippen LogP contribution in [0.4, 0.5) is 11.6 Å². The first kappa shape index (κ1) is 15.0. The van der Waals surface area contributed by atoms with Crippen LogP contribution in [0.2, 0.25) is 0 Å². The Balaban J connectivity index is 1.70. The molecule has 1 fully saturated rings. The molecule has 1 saturated heterocycles. The van der Waals surface area contributed by atoms with Crippen molar-refractivity contribution >= 4 is 11.6 Å². The molecule has 0 saturated carbocycles. The number of ether oxygens (including phenoxy) is 2. The molecule has 7 heteroatoms. The van der Waals surface area contributed by atoms with Gasteiger partial charge in [-0.15, -0.1) is 0 Å². The second-order valence-corrected chi connectivity index (χ2v) is 4.59. The summed E-state index contributed by atoms with van der Waals surface area (Å²) >= 11 is 0. The van der Waals surface area contributed by atoms with Gasteiger partial charge in [0.2, 0.25) is 0 Å². The Labute approximate surface area is 119 Å². The Morgan fingerprint density at radius 2 is 1.90 bits per heavy atom. The lowest BCUT2D eigenvalue weighted by Gasteiger charge is -2.26. The Kier molecular flexibility index (Phi) is 6.49. The maximum Gasteiger partial charge on any atom is 0.131 e. The smallest absolute Gasteiger partial charge is 0.131 e. The molecule has 0 unspecified atom stereocenters. The number of hydrogen-bond donors (Lipinski definition) is 2. The van der Waals surface area contributed by atoms with Crippen LogP contribution in [0.5, 0.6) is 0 Å². The van der Waals surface area contributed by atoms with Crippen LogP contribution in [-0.2, 0) is 9.47 Å². The second kappa shape index (κ2) is 8.68. The van der Waals surface area contributed by atoms with E-state index in [-0.39, 0.29) is 0 Å². The zero-order valence-corrected chi connectivity index (χ0v) is 12.0. The van der Waals surface area contributed by atoms with Gasteiger partial charge in [-0.1, -0.05) is 0 Å². The lowest BCUT2D eigenvalue weighted by molar-refractivity contribution is 0.0398. The molecule has 0 spiro atoms. The van der Waals surface area contributed by atoms with Crippen molar-refractivity contribution in [3.63, 3.8) is 0 Å². The van der Waals surface area contributed by atoms with Crippen molar-refractivity contribution in [3.05, 3.63) is 12.4 Å². The Morgan fingerprint density at radius 3 is 2.60 bits per heavy atom. The van der Waals surface area contributed by atoms with E-state index in [9.17, 15) is 0 Å². The van der Waals surface area contributed by atoms with Crippen molar-refractivity contribution in [1.29, 1.82) is 0 Å². The SMILES string of the molecule is COCCNc1cc(NCCN2CCOCC2)ncn1. The Bertz CT molecular complexity index is 385. The van der Waals surface area contributed by atoms with Gasteiger partial charge in [0.05, 0.1) is 19.8 Å². The molecule has 0 radical (unpaired) electrons. The first-order chi connectivity index (χ1) is 9.88. The molecule has 0 bridgehead atoms. The summed E-state index contributed by atoms with van der Waals surface area (Å²) in [6, 6.07) is 1.91. The van der Waals surface area contributed by atoms with E-state index in [2.05, 4.69) is 25.5 Å². The summed E-state index contributed by atoms with van der Waals surface area (Å²) in [6.45, 7) is 6.95. The highest BCUT2D eigenvalue weighted by Gasteiger charge is 2.09. The highest BCUT2D eigenvalue weighted by Crippen LogP contribution is 2.08. The van der Waals surface area contributed by atoms with Crippen molar-refractivity contribution in [2.45, 2.75) is 0 Å². The van der Waals surface area contributed by atoms with E-state index < -0.39 is 0 Å². The van der Waals surface area contributed by atoms with Crippen LogP contribution < -0.4 is 10.6 Å². The van der Waals surface area contributed by atoms with Crippen LogP contribution in [-0.4, -0.2) is 74.5 Å². The molecular weight excluding hydrogens is 258 g/mol. The van der Waals surface area contributed by atoms with E-state index in [4.69, 9.17) is 9.47 Å². The first-order valence-corrected chi connectivity index (χ1v) is 6.97. The van der Waals surface area contributed by atoms with Crippen molar-refractivity contribution in [2.24, 2.45) is 0 Å². The van der Waals surface area contributed by atoms with E-state index in [1.165, 1.54) is 0 Å². The van der Waals surface area contributed by atoms with Gasteiger partial charge in [-0.25, -0.2) is 9.97 Å². The van der Waals surface area contributed by atoms with Crippen molar-refractivity contribution in [1.82, 2.24) is 14.9 Å². The predicted octanol–water partition coefficient (Wildman–Crippen LogP) is 0.279. The molecule has 2 rings (SSSR count). The molecule has 1 aromatic heterocycles. The first-order valence-electron chi connectivity index (χ1n) is 6.97. The van der Waals surface area contributed by atoms with Crippen LogP contribution >= 0.6 is 0 Å². The molecule has 2 heterocycles. The summed E-state index contributed by atoms with van der Waals surface area (Å²) in [4.78, 5) is 10.8. The van der Waals surface area contributed by atoms with Gasteiger partial charge in [0.15, 0.2) is 0 Å². The maximum atomic E-state index is 5.33. The highest BCUT2D eigenvalue weighted by atomic mass is 16.5. The number of anilines is 2. The van der Waals surface area contributed by atoms with Gasteiger partial charge in [0.1, 0.15) is 18.0 Å². The van der Waals surface area contributed by atoms with Gasteiger partial charge < -0.3 is 20.1 Å². The summed E-state index contributed by atoms with van der Waals surface area (Å²) in [5.41, 5.74) is 0. The number of methoxy groups -OCH3 is 1. The Morgan fingerprint density at radius 1 is 1.20 bits per heavy atom. The minimum Gasteiger partial charge on any atom is -0.383 e. The number of rotatable bonds is 8. The van der Waals surface area contributed by atoms with Crippen molar-refractivity contribution in [3.8, 4) is 0 Å². The zero-order valence-electron chi connectivity index (χ0n) is 12.0. The van der Waals surface area contributed by atoms with Crippen LogP contribution in [0, 0.1) is 0 Å². The average Bonchev–Trinajstić information content (AvgIpc) is 2.49. The molecule has 20 heavy (non-hydrogen) atoms. The fraction of sp³-hybridized carbons (Fsp3) is 0.692. The molecule has 0 atom stereocenters. The van der Waals surface area contributed by atoms with E-state index in [1.54, 1.807) is 13.4 Å². The van der Waals surface area contributed by atoms with E-state index >= 15 is 0 Å². The third kappa shape index (κ3) is 5.28. The average molecular weight is 281 g/mol. The number of nitrogens with one attached hydrogen (secondary N) is 2. The minimum absolute atomic E-state index is 0.657. The number of hydrogen-bond acceptors (Lipinski definition) is 7. The van der Waals surface area contributed by atoms with Gasteiger partial charge in [0.25, 0.3) is 0 Å². The van der Waals surface area contributed by atoms with Gasteiger partial charge in [0, 0.05) is 45.9 Å². The number of aromatic nitrogens is 2. The fourth-order valence-electron chi connectivity index (χ4n) is 2.00. The lowest BCUT2D eigenvalue weighted by Crippen LogP contribution is -2.39. The molecule has 1 aromatic rings. The zero-order chi connectivity index (χ0) is 14.0. The second-order valence-electron chi connectivity index (χ2n) is 4.59. The van der Waals surface area contributed by atoms with E-state index in [0.29, 0.717) is 6.61 Å². The summed E-state index contributed by atoms with van der Waals surface area (Å²) in [5.74, 6) is 1.65.